The van der Waals surface area contributed by atoms with E-state index < -0.39 is 0 Å². The highest BCUT2D eigenvalue weighted by atomic mass is 16.5. The Labute approximate surface area is 138 Å². The van der Waals surface area contributed by atoms with E-state index in [2.05, 4.69) is 18.3 Å². The number of unbranched alkanes of at least 4 members (excludes halogenated alkanes) is 3. The lowest BCUT2D eigenvalue weighted by Gasteiger charge is -2.15. The van der Waals surface area contributed by atoms with E-state index in [1.165, 1.54) is 19.3 Å². The van der Waals surface area contributed by atoms with Crippen molar-refractivity contribution in [3.05, 3.63) is 47.9 Å². The van der Waals surface area contributed by atoms with Crippen molar-refractivity contribution in [2.24, 2.45) is 0 Å². The normalized spacial score (nSPS) is 10.7. The van der Waals surface area contributed by atoms with Gasteiger partial charge in [0.2, 0.25) is 0 Å². The zero-order chi connectivity index (χ0) is 16.3. The van der Waals surface area contributed by atoms with Crippen LogP contribution in [0.2, 0.25) is 0 Å². The summed E-state index contributed by atoms with van der Waals surface area (Å²) in [5, 5.41) is 3.38. The summed E-state index contributed by atoms with van der Waals surface area (Å²) in [5.41, 5.74) is 1.10. The molecule has 4 heteroatoms. The molecule has 2 aromatic rings. The summed E-state index contributed by atoms with van der Waals surface area (Å²) >= 11 is 0. The molecule has 0 unspecified atom stereocenters. The number of nitrogens with one attached hydrogen (secondary N) is 1. The van der Waals surface area contributed by atoms with Crippen LogP contribution >= 0.6 is 0 Å². The number of hydrogen-bond donors (Lipinski definition) is 1. The van der Waals surface area contributed by atoms with Crippen molar-refractivity contribution in [2.75, 3.05) is 13.7 Å². The highest BCUT2D eigenvalue weighted by Crippen LogP contribution is 2.31. The third kappa shape index (κ3) is 5.64. The van der Waals surface area contributed by atoms with E-state index in [-0.39, 0.29) is 0 Å². The van der Waals surface area contributed by atoms with E-state index in [4.69, 9.17) is 13.9 Å². The summed E-state index contributed by atoms with van der Waals surface area (Å²) in [6.45, 7) is 4.35. The van der Waals surface area contributed by atoms with Crippen LogP contribution in [0.3, 0.4) is 0 Å². The van der Waals surface area contributed by atoms with Crippen LogP contribution < -0.4 is 14.8 Å². The standard InChI is InChI=1S/C19H27NO3/c1-3-4-5-6-12-23-19-16(9-7-11-18(19)21-2)14-20-15-17-10-8-13-22-17/h7-11,13,20H,3-6,12,14-15H2,1-2H3. The van der Waals surface area contributed by atoms with Gasteiger partial charge in [0.05, 0.1) is 26.5 Å². The number of hydrogen-bond acceptors (Lipinski definition) is 4. The lowest BCUT2D eigenvalue weighted by molar-refractivity contribution is 0.281. The predicted octanol–water partition coefficient (Wildman–Crippen LogP) is 4.54. The first-order chi connectivity index (χ1) is 11.3. The van der Waals surface area contributed by atoms with E-state index in [1.54, 1.807) is 13.4 Å². The minimum Gasteiger partial charge on any atom is -0.493 e. The fourth-order valence-corrected chi connectivity index (χ4v) is 2.46. The molecule has 0 aliphatic carbocycles. The van der Waals surface area contributed by atoms with Gasteiger partial charge in [-0.1, -0.05) is 38.3 Å². The van der Waals surface area contributed by atoms with Crippen molar-refractivity contribution >= 4 is 0 Å². The van der Waals surface area contributed by atoms with Crippen molar-refractivity contribution in [2.45, 2.75) is 45.7 Å². The number of furan rings is 1. The number of ether oxygens (including phenoxy) is 2. The first kappa shape index (κ1) is 17.4. The molecule has 0 amide bonds. The molecule has 4 nitrogen and oxygen atoms in total. The van der Waals surface area contributed by atoms with Crippen LogP contribution in [0.15, 0.2) is 41.0 Å². The second-order valence-electron chi connectivity index (χ2n) is 5.54. The average Bonchev–Trinajstić information content (AvgIpc) is 3.09. The Morgan fingerprint density at radius 1 is 1.04 bits per heavy atom. The first-order valence-corrected chi connectivity index (χ1v) is 8.37. The second kappa shape index (κ2) is 9.95. The van der Waals surface area contributed by atoms with Gasteiger partial charge in [0.1, 0.15) is 5.76 Å². The maximum atomic E-state index is 6.01. The third-order valence-electron chi connectivity index (χ3n) is 3.72. The SMILES string of the molecule is CCCCCCOc1c(CNCc2ccco2)cccc1OC. The molecule has 1 aromatic heterocycles. The molecular weight excluding hydrogens is 290 g/mol. The lowest BCUT2D eigenvalue weighted by atomic mass is 10.1. The highest BCUT2D eigenvalue weighted by Gasteiger charge is 2.10. The number of para-hydroxylation sites is 1. The van der Waals surface area contributed by atoms with E-state index in [1.807, 2.05) is 24.3 Å². The molecule has 2 rings (SSSR count). The summed E-state index contributed by atoms with van der Waals surface area (Å²) in [5.74, 6) is 2.56. The smallest absolute Gasteiger partial charge is 0.165 e. The molecule has 23 heavy (non-hydrogen) atoms. The van der Waals surface area contributed by atoms with E-state index in [0.29, 0.717) is 13.1 Å². The number of methoxy groups -OCH3 is 1. The van der Waals surface area contributed by atoms with Gasteiger partial charge in [0.15, 0.2) is 11.5 Å². The Hall–Kier alpha value is -1.94. The summed E-state index contributed by atoms with van der Waals surface area (Å²) in [6, 6.07) is 9.86. The molecule has 0 saturated heterocycles. The number of rotatable bonds is 11. The van der Waals surface area contributed by atoms with Crippen molar-refractivity contribution in [1.29, 1.82) is 0 Å². The molecule has 0 radical (unpaired) electrons. The maximum Gasteiger partial charge on any atom is 0.165 e. The van der Waals surface area contributed by atoms with Crippen LogP contribution in [-0.2, 0) is 13.1 Å². The van der Waals surface area contributed by atoms with Gasteiger partial charge in [0.25, 0.3) is 0 Å². The Balaban J connectivity index is 1.91. The van der Waals surface area contributed by atoms with Crippen LogP contribution in [0, 0.1) is 0 Å². The van der Waals surface area contributed by atoms with Crippen LogP contribution in [0.1, 0.15) is 43.9 Å². The van der Waals surface area contributed by atoms with Gasteiger partial charge < -0.3 is 19.2 Å². The summed E-state index contributed by atoms with van der Waals surface area (Å²) in [6.07, 6.45) is 6.46. The fraction of sp³-hybridized carbons (Fsp3) is 0.474. The third-order valence-corrected chi connectivity index (χ3v) is 3.72. The van der Waals surface area contributed by atoms with Crippen molar-refractivity contribution in [3.63, 3.8) is 0 Å². The van der Waals surface area contributed by atoms with Gasteiger partial charge in [-0.15, -0.1) is 0 Å². The van der Waals surface area contributed by atoms with E-state index >= 15 is 0 Å². The van der Waals surface area contributed by atoms with Gasteiger partial charge in [-0.05, 0) is 24.6 Å². The Morgan fingerprint density at radius 3 is 2.70 bits per heavy atom. The minimum absolute atomic E-state index is 0.695. The molecule has 1 aromatic carbocycles. The molecule has 0 aliphatic rings. The summed E-state index contributed by atoms with van der Waals surface area (Å²) < 4.78 is 16.8. The highest BCUT2D eigenvalue weighted by molar-refractivity contribution is 5.46. The van der Waals surface area contributed by atoms with Gasteiger partial charge in [-0.3, -0.25) is 0 Å². The average molecular weight is 317 g/mol. The maximum absolute atomic E-state index is 6.01. The quantitative estimate of drug-likeness (QED) is 0.618. The Bertz CT molecular complexity index is 552. The van der Waals surface area contributed by atoms with Gasteiger partial charge >= 0.3 is 0 Å². The first-order valence-electron chi connectivity index (χ1n) is 8.37. The molecule has 0 saturated carbocycles. The van der Waals surface area contributed by atoms with Crippen LogP contribution in [0.4, 0.5) is 0 Å². The Morgan fingerprint density at radius 2 is 1.96 bits per heavy atom. The molecule has 126 valence electrons. The molecule has 0 bridgehead atoms. The van der Waals surface area contributed by atoms with E-state index in [9.17, 15) is 0 Å². The molecule has 0 fully saturated rings. The lowest BCUT2D eigenvalue weighted by Crippen LogP contribution is -2.14. The zero-order valence-electron chi connectivity index (χ0n) is 14.1. The number of benzene rings is 1. The van der Waals surface area contributed by atoms with Gasteiger partial charge in [-0.25, -0.2) is 0 Å². The largest absolute Gasteiger partial charge is 0.493 e. The molecular formula is C19H27NO3. The predicted molar refractivity (Wildman–Crippen MR) is 91.9 cm³/mol. The molecule has 0 spiro atoms. The second-order valence-corrected chi connectivity index (χ2v) is 5.54. The topological polar surface area (TPSA) is 43.6 Å². The van der Waals surface area contributed by atoms with E-state index in [0.717, 1.165) is 35.9 Å². The van der Waals surface area contributed by atoms with Gasteiger partial charge in [0, 0.05) is 12.1 Å². The van der Waals surface area contributed by atoms with Crippen LogP contribution in [-0.4, -0.2) is 13.7 Å². The monoisotopic (exact) mass is 317 g/mol. The van der Waals surface area contributed by atoms with Crippen LogP contribution in [0.25, 0.3) is 0 Å². The fourth-order valence-electron chi connectivity index (χ4n) is 2.46. The molecule has 1 heterocycles. The molecule has 0 aliphatic heterocycles. The Kier molecular flexibility index (Phi) is 7.54. The minimum atomic E-state index is 0.695. The molecule has 0 atom stereocenters. The summed E-state index contributed by atoms with van der Waals surface area (Å²) in [4.78, 5) is 0. The van der Waals surface area contributed by atoms with Gasteiger partial charge in [-0.2, -0.15) is 0 Å². The van der Waals surface area contributed by atoms with Crippen molar-refractivity contribution in [3.8, 4) is 11.5 Å². The van der Waals surface area contributed by atoms with Crippen molar-refractivity contribution in [1.82, 2.24) is 5.32 Å². The van der Waals surface area contributed by atoms with Crippen molar-refractivity contribution < 1.29 is 13.9 Å². The summed E-state index contributed by atoms with van der Waals surface area (Å²) in [7, 11) is 1.68. The zero-order valence-corrected chi connectivity index (χ0v) is 14.1. The molecule has 1 N–H and O–H groups in total. The van der Waals surface area contributed by atoms with Crippen LogP contribution in [0.5, 0.6) is 11.5 Å².